The van der Waals surface area contributed by atoms with Gasteiger partial charge in [0.2, 0.25) is 17.7 Å². The zero-order chi connectivity index (χ0) is 27.0. The Morgan fingerprint density at radius 1 is 1.17 bits per heavy atom. The van der Waals surface area contributed by atoms with Gasteiger partial charge < -0.3 is 20.3 Å². The fourth-order valence-electron chi connectivity index (χ4n) is 4.41. The quantitative estimate of drug-likeness (QED) is 0.320. The minimum atomic E-state index is -0.734. The Kier molecular flexibility index (Phi) is 10.8. The molecular formula is C26H42N4O6. The van der Waals surface area contributed by atoms with E-state index in [0.717, 1.165) is 16.8 Å². The summed E-state index contributed by atoms with van der Waals surface area (Å²) in [5, 5.41) is 14.6. The van der Waals surface area contributed by atoms with Crippen molar-refractivity contribution in [2.24, 2.45) is 17.3 Å². The van der Waals surface area contributed by atoms with Crippen LogP contribution in [-0.4, -0.2) is 55.8 Å². The van der Waals surface area contributed by atoms with Crippen LogP contribution >= 0.6 is 0 Å². The van der Waals surface area contributed by atoms with Crippen LogP contribution in [0, 0.1) is 17.3 Å². The topological polar surface area (TPSA) is 129 Å². The molecule has 0 spiro atoms. The van der Waals surface area contributed by atoms with Crippen molar-refractivity contribution in [1.29, 1.82) is 0 Å². The van der Waals surface area contributed by atoms with Crippen LogP contribution in [0.2, 0.25) is 0 Å². The Balaban J connectivity index is 2.24. The lowest BCUT2D eigenvalue weighted by atomic mass is 9.84. The van der Waals surface area contributed by atoms with E-state index in [1.165, 1.54) is 7.05 Å². The van der Waals surface area contributed by atoms with Crippen LogP contribution in [0.3, 0.4) is 0 Å². The summed E-state index contributed by atoms with van der Waals surface area (Å²) in [5.41, 5.74) is 4.03. The summed E-state index contributed by atoms with van der Waals surface area (Å²) in [5.74, 6) is -0.965. The highest BCUT2D eigenvalue weighted by Crippen LogP contribution is 2.29. The van der Waals surface area contributed by atoms with Crippen molar-refractivity contribution in [3.63, 3.8) is 0 Å². The van der Waals surface area contributed by atoms with Crippen molar-refractivity contribution in [2.45, 2.75) is 72.6 Å². The molecule has 4 N–H and O–H groups in total. The summed E-state index contributed by atoms with van der Waals surface area (Å²) in [6.07, 6.45) is 0.924. The van der Waals surface area contributed by atoms with E-state index in [1.807, 2.05) is 52.8 Å². The van der Waals surface area contributed by atoms with Gasteiger partial charge in [0.25, 0.3) is 0 Å². The fraction of sp³-hybridized carbons (Fsp3) is 0.654. The predicted octanol–water partition coefficient (Wildman–Crippen LogP) is 2.33. The van der Waals surface area contributed by atoms with Gasteiger partial charge in [0.05, 0.1) is 25.2 Å². The van der Waals surface area contributed by atoms with Gasteiger partial charge in [-0.15, -0.1) is 0 Å². The number of amides is 3. The summed E-state index contributed by atoms with van der Waals surface area (Å²) < 4.78 is 6.19. The molecule has 1 heterocycles. The second kappa shape index (κ2) is 13.1. The molecule has 2 rings (SSSR count). The van der Waals surface area contributed by atoms with E-state index in [4.69, 9.17) is 14.8 Å². The number of carbonyl (C=O) groups is 3. The summed E-state index contributed by atoms with van der Waals surface area (Å²) in [4.78, 5) is 44.7. The molecule has 10 heteroatoms. The first-order valence-corrected chi connectivity index (χ1v) is 12.4. The molecule has 1 aromatic rings. The number of ether oxygens (including phenoxy) is 1. The van der Waals surface area contributed by atoms with Crippen LogP contribution in [0.4, 0.5) is 5.69 Å². The van der Waals surface area contributed by atoms with E-state index in [9.17, 15) is 14.4 Å². The molecule has 36 heavy (non-hydrogen) atoms. The molecule has 0 saturated heterocycles. The molecular weight excluding hydrogens is 464 g/mol. The first-order valence-electron chi connectivity index (χ1n) is 12.4. The summed E-state index contributed by atoms with van der Waals surface area (Å²) in [6, 6.07) is 5.08. The van der Waals surface area contributed by atoms with E-state index < -0.39 is 23.5 Å². The third-order valence-corrected chi connectivity index (χ3v) is 6.44. The predicted molar refractivity (Wildman–Crippen MR) is 136 cm³/mol. The van der Waals surface area contributed by atoms with Crippen molar-refractivity contribution in [2.75, 3.05) is 25.6 Å². The number of fused-ring (bicyclic) bond motifs is 1. The van der Waals surface area contributed by atoms with E-state index >= 15 is 0 Å². The van der Waals surface area contributed by atoms with Crippen LogP contribution in [0.15, 0.2) is 18.2 Å². The van der Waals surface area contributed by atoms with Crippen molar-refractivity contribution in [3.8, 4) is 0 Å². The third kappa shape index (κ3) is 7.99. The Morgan fingerprint density at radius 2 is 1.86 bits per heavy atom. The molecule has 0 fully saturated rings. The van der Waals surface area contributed by atoms with Crippen LogP contribution in [0.1, 0.15) is 58.6 Å². The number of likely N-dealkylation sites (N-methyl/N-ethyl adjacent to an activating group) is 1. The number of hydrogen-bond acceptors (Lipinski definition) is 7. The van der Waals surface area contributed by atoms with Crippen LogP contribution in [-0.2, 0) is 37.0 Å². The average molecular weight is 507 g/mol. The zero-order valence-corrected chi connectivity index (χ0v) is 22.5. The minimum absolute atomic E-state index is 0.0797. The fourth-order valence-corrected chi connectivity index (χ4v) is 4.41. The molecule has 0 aromatic heterocycles. The zero-order valence-electron chi connectivity index (χ0n) is 22.5. The van der Waals surface area contributed by atoms with E-state index in [2.05, 4.69) is 10.6 Å². The van der Waals surface area contributed by atoms with E-state index in [1.54, 1.807) is 17.6 Å². The minimum Gasteiger partial charge on any atom is -0.370 e. The van der Waals surface area contributed by atoms with Crippen molar-refractivity contribution in [3.05, 3.63) is 29.3 Å². The van der Waals surface area contributed by atoms with Crippen LogP contribution in [0.5, 0.6) is 0 Å². The summed E-state index contributed by atoms with van der Waals surface area (Å²) >= 11 is 0. The maximum Gasteiger partial charge on any atom is 0.242 e. The Morgan fingerprint density at radius 3 is 2.44 bits per heavy atom. The molecule has 0 saturated carbocycles. The first-order chi connectivity index (χ1) is 16.9. The summed E-state index contributed by atoms with van der Waals surface area (Å²) in [7, 11) is 3.31. The molecule has 0 radical (unpaired) electrons. The van der Waals surface area contributed by atoms with Gasteiger partial charge >= 0.3 is 0 Å². The van der Waals surface area contributed by atoms with Gasteiger partial charge in [-0.05, 0) is 41.4 Å². The van der Waals surface area contributed by atoms with Crippen molar-refractivity contribution in [1.82, 2.24) is 16.3 Å². The molecule has 0 aliphatic carbocycles. The molecule has 3 amide bonds. The van der Waals surface area contributed by atoms with Gasteiger partial charge in [-0.1, -0.05) is 52.4 Å². The normalized spacial score (nSPS) is 16.4. The number of carbonyl (C=O) groups excluding carboxylic acids is 3. The molecule has 3 unspecified atom stereocenters. The molecule has 202 valence electrons. The largest absolute Gasteiger partial charge is 0.370 e. The molecule has 10 nitrogen and oxygen atoms in total. The third-order valence-electron chi connectivity index (χ3n) is 6.44. The lowest BCUT2D eigenvalue weighted by molar-refractivity contribution is -0.170. The Bertz CT molecular complexity index is 914. The monoisotopic (exact) mass is 506 g/mol. The standard InChI is InChI=1S/C26H42N4O6/c1-16(2)12-19(24(32)28-23(25(33)27-6)26(3,4)5)21(15-36-29-34)35-14-17-8-10-20-18(13-17)9-11-22(31)30(20)7/h8,10,13,16,19,21,23,29,34H,9,11-12,14-15H2,1-7H3,(H,27,33)(H,28,32). The number of hydrogen-bond donors (Lipinski definition) is 4. The van der Waals surface area contributed by atoms with E-state index in [0.29, 0.717) is 19.3 Å². The second-order valence-corrected chi connectivity index (χ2v) is 10.8. The van der Waals surface area contributed by atoms with Crippen LogP contribution in [0.25, 0.3) is 0 Å². The number of nitrogens with one attached hydrogen (secondary N) is 3. The molecule has 1 aromatic carbocycles. The van der Waals surface area contributed by atoms with Crippen molar-refractivity contribution < 1.29 is 29.2 Å². The number of nitrogens with zero attached hydrogens (tertiary/aromatic N) is 1. The Hall–Kier alpha value is -2.53. The Labute approximate surface area is 214 Å². The number of rotatable bonds is 12. The number of anilines is 1. The smallest absolute Gasteiger partial charge is 0.242 e. The van der Waals surface area contributed by atoms with Gasteiger partial charge in [-0.2, -0.15) is 0 Å². The summed E-state index contributed by atoms with van der Waals surface area (Å²) in [6.45, 7) is 9.80. The lowest BCUT2D eigenvalue weighted by Gasteiger charge is -2.33. The molecule has 1 aliphatic heterocycles. The van der Waals surface area contributed by atoms with Crippen LogP contribution < -0.4 is 21.2 Å². The first kappa shape index (κ1) is 29.7. The van der Waals surface area contributed by atoms with Gasteiger partial charge in [0, 0.05) is 26.2 Å². The van der Waals surface area contributed by atoms with Gasteiger partial charge in [0.15, 0.2) is 0 Å². The average Bonchev–Trinajstić information content (AvgIpc) is 2.82. The second-order valence-electron chi connectivity index (χ2n) is 10.8. The molecule has 0 bridgehead atoms. The van der Waals surface area contributed by atoms with Gasteiger partial charge in [0.1, 0.15) is 6.04 Å². The highest BCUT2D eigenvalue weighted by Gasteiger charge is 2.37. The highest BCUT2D eigenvalue weighted by molar-refractivity contribution is 5.95. The SMILES string of the molecule is CNC(=O)C(NC(=O)C(CC(C)C)C(CONO)OCc1ccc2c(c1)CCC(=O)N2C)C(C)(C)C. The van der Waals surface area contributed by atoms with Gasteiger partial charge in [-0.3, -0.25) is 24.4 Å². The lowest BCUT2D eigenvalue weighted by Crippen LogP contribution is -2.55. The van der Waals surface area contributed by atoms with E-state index in [-0.39, 0.29) is 36.9 Å². The highest BCUT2D eigenvalue weighted by atomic mass is 16.8. The maximum absolute atomic E-state index is 13.5. The van der Waals surface area contributed by atoms with Crippen molar-refractivity contribution >= 4 is 23.4 Å². The van der Waals surface area contributed by atoms with Gasteiger partial charge in [-0.25, -0.2) is 0 Å². The maximum atomic E-state index is 13.5. The molecule has 3 atom stereocenters. The molecule has 1 aliphatic rings. The number of aryl methyl sites for hydroxylation is 1. The number of benzene rings is 1.